The molecule has 1 fully saturated rings. The second kappa shape index (κ2) is 7.65. The monoisotopic (exact) mass is 383 g/mol. The number of hydrogen-bond acceptors (Lipinski definition) is 8. The van der Waals surface area contributed by atoms with Crippen LogP contribution in [0.25, 0.3) is 11.5 Å². The minimum absolute atomic E-state index is 0.0161. The molecule has 0 atom stereocenters. The third-order valence-electron chi connectivity index (χ3n) is 3.51. The molecule has 1 aliphatic rings. The van der Waals surface area contributed by atoms with Crippen molar-refractivity contribution in [2.75, 3.05) is 32.1 Å². The van der Waals surface area contributed by atoms with Gasteiger partial charge in [0.15, 0.2) is 0 Å². The lowest BCUT2D eigenvalue weighted by Crippen LogP contribution is -2.40. The maximum Gasteiger partial charge on any atom is 0.277 e. The first-order valence-corrected chi connectivity index (χ1v) is 10.0. The first-order chi connectivity index (χ1) is 12.0. The highest BCUT2D eigenvalue weighted by molar-refractivity contribution is 7.99. The quantitative estimate of drug-likeness (QED) is 0.691. The van der Waals surface area contributed by atoms with Crippen LogP contribution in [0.3, 0.4) is 0 Å². The fourth-order valence-electron chi connectivity index (χ4n) is 2.25. The Kier molecular flexibility index (Phi) is 5.52. The Morgan fingerprint density at radius 2 is 1.88 bits per heavy atom. The van der Waals surface area contributed by atoms with Crippen molar-refractivity contribution in [3.05, 3.63) is 24.3 Å². The fourth-order valence-corrected chi connectivity index (χ4v) is 4.22. The number of hydrogen-bond donors (Lipinski definition) is 0. The Hall–Kier alpha value is -1.75. The van der Waals surface area contributed by atoms with Gasteiger partial charge in [-0.15, -0.1) is 10.2 Å². The molecule has 2 heterocycles. The van der Waals surface area contributed by atoms with Gasteiger partial charge in [0.05, 0.1) is 23.9 Å². The molecule has 0 aliphatic carbocycles. The number of carbonyl (C=O) groups is 1. The molecule has 0 bridgehead atoms. The van der Waals surface area contributed by atoms with Gasteiger partial charge in [-0.05, 0) is 31.2 Å². The predicted octanol–water partition coefficient (Wildman–Crippen LogP) is 1.44. The van der Waals surface area contributed by atoms with Gasteiger partial charge in [-0.3, -0.25) is 4.79 Å². The molecule has 0 spiro atoms. The third-order valence-corrected chi connectivity index (χ3v) is 6.39. The molecule has 0 saturated carbocycles. The molecular weight excluding hydrogens is 366 g/mol. The van der Waals surface area contributed by atoms with Crippen molar-refractivity contribution >= 4 is 27.6 Å². The lowest BCUT2D eigenvalue weighted by atomic mass is 10.2. The molecule has 0 N–H and O–H groups in total. The number of ether oxygens (including phenoxy) is 1. The van der Waals surface area contributed by atoms with Crippen molar-refractivity contribution in [1.82, 2.24) is 14.5 Å². The third kappa shape index (κ3) is 4.27. The molecule has 134 valence electrons. The van der Waals surface area contributed by atoms with Gasteiger partial charge in [0.1, 0.15) is 5.78 Å². The van der Waals surface area contributed by atoms with Crippen molar-refractivity contribution in [2.45, 2.75) is 17.0 Å². The highest BCUT2D eigenvalue weighted by Crippen LogP contribution is 2.25. The number of sulfonamides is 1. The summed E-state index contributed by atoms with van der Waals surface area (Å²) in [7, 11) is -3.53. The Labute approximate surface area is 149 Å². The van der Waals surface area contributed by atoms with Crippen molar-refractivity contribution in [2.24, 2.45) is 0 Å². The summed E-state index contributed by atoms with van der Waals surface area (Å²) in [5, 5.41) is 8.08. The van der Waals surface area contributed by atoms with E-state index in [2.05, 4.69) is 10.2 Å². The molecule has 10 heteroatoms. The van der Waals surface area contributed by atoms with Gasteiger partial charge in [0, 0.05) is 18.7 Å². The zero-order valence-corrected chi connectivity index (χ0v) is 15.2. The van der Waals surface area contributed by atoms with E-state index in [9.17, 15) is 13.2 Å². The van der Waals surface area contributed by atoms with Crippen LogP contribution < -0.4 is 0 Å². The molecule has 8 nitrogen and oxygen atoms in total. The summed E-state index contributed by atoms with van der Waals surface area (Å²) in [6.07, 6.45) is 0. The first-order valence-electron chi connectivity index (χ1n) is 7.61. The van der Waals surface area contributed by atoms with Gasteiger partial charge in [-0.25, -0.2) is 8.42 Å². The molecule has 3 rings (SSSR count). The summed E-state index contributed by atoms with van der Waals surface area (Å²) in [6, 6.07) is 6.29. The van der Waals surface area contributed by atoms with Gasteiger partial charge in [-0.1, -0.05) is 11.8 Å². The number of nitrogens with zero attached hydrogens (tertiary/aromatic N) is 3. The Morgan fingerprint density at radius 1 is 1.20 bits per heavy atom. The summed E-state index contributed by atoms with van der Waals surface area (Å²) < 4.78 is 37.2. The van der Waals surface area contributed by atoms with Crippen molar-refractivity contribution in [3.8, 4) is 11.5 Å². The maximum absolute atomic E-state index is 12.6. The van der Waals surface area contributed by atoms with Gasteiger partial charge in [0.25, 0.3) is 5.22 Å². The van der Waals surface area contributed by atoms with Gasteiger partial charge < -0.3 is 9.15 Å². The van der Waals surface area contributed by atoms with Gasteiger partial charge in [0.2, 0.25) is 15.9 Å². The van der Waals surface area contributed by atoms with E-state index < -0.39 is 10.0 Å². The first kappa shape index (κ1) is 18.1. The number of benzene rings is 1. The van der Waals surface area contributed by atoms with Gasteiger partial charge >= 0.3 is 0 Å². The lowest BCUT2D eigenvalue weighted by molar-refractivity contribution is -0.114. The van der Waals surface area contributed by atoms with Crippen LogP contribution in [0, 0.1) is 0 Å². The zero-order valence-electron chi connectivity index (χ0n) is 13.5. The van der Waals surface area contributed by atoms with Crippen LogP contribution in [0.5, 0.6) is 0 Å². The number of morpholine rings is 1. The standard InChI is InChI=1S/C15H17N3O5S2/c1-11(19)10-24-15-17-16-14(23-15)12-2-4-13(5-3-12)25(20,21)18-6-8-22-9-7-18/h2-5H,6-10H2,1H3. The fraction of sp³-hybridized carbons (Fsp3) is 0.400. The summed E-state index contributed by atoms with van der Waals surface area (Å²) in [4.78, 5) is 11.2. The highest BCUT2D eigenvalue weighted by atomic mass is 32.2. The Balaban J connectivity index is 1.75. The normalized spacial score (nSPS) is 16.0. The number of rotatable bonds is 6. The molecule has 1 aromatic heterocycles. The van der Waals surface area contributed by atoms with Crippen LogP contribution >= 0.6 is 11.8 Å². The predicted molar refractivity (Wildman–Crippen MR) is 90.7 cm³/mol. The SMILES string of the molecule is CC(=O)CSc1nnc(-c2ccc(S(=O)(=O)N3CCOCC3)cc2)o1. The molecule has 1 aromatic carbocycles. The van der Waals surface area contributed by atoms with E-state index in [-0.39, 0.29) is 22.3 Å². The van der Waals surface area contributed by atoms with Crippen molar-refractivity contribution in [3.63, 3.8) is 0 Å². The molecule has 0 amide bonds. The molecule has 1 aliphatic heterocycles. The zero-order chi connectivity index (χ0) is 17.9. The van der Waals surface area contributed by atoms with Crippen LogP contribution in [0.4, 0.5) is 0 Å². The summed E-state index contributed by atoms with van der Waals surface area (Å²) in [5.41, 5.74) is 0.614. The molecule has 2 aromatic rings. The highest BCUT2D eigenvalue weighted by Gasteiger charge is 2.26. The lowest BCUT2D eigenvalue weighted by Gasteiger charge is -2.26. The second-order valence-corrected chi connectivity index (χ2v) is 8.27. The largest absolute Gasteiger partial charge is 0.411 e. The van der Waals surface area contributed by atoms with Crippen molar-refractivity contribution in [1.29, 1.82) is 0 Å². The minimum Gasteiger partial charge on any atom is -0.411 e. The molecular formula is C15H17N3O5S2. The average Bonchev–Trinajstić information content (AvgIpc) is 3.10. The number of aromatic nitrogens is 2. The van der Waals surface area contributed by atoms with E-state index >= 15 is 0 Å². The molecule has 0 unspecified atom stereocenters. The van der Waals surface area contributed by atoms with E-state index in [1.807, 2.05) is 0 Å². The van der Waals surface area contributed by atoms with E-state index in [4.69, 9.17) is 9.15 Å². The van der Waals surface area contributed by atoms with Gasteiger partial charge in [-0.2, -0.15) is 4.31 Å². The summed E-state index contributed by atoms with van der Waals surface area (Å²) >= 11 is 1.17. The number of ketones is 1. The molecule has 0 radical (unpaired) electrons. The molecule has 1 saturated heterocycles. The second-order valence-electron chi connectivity index (χ2n) is 5.40. The van der Waals surface area contributed by atoms with Crippen LogP contribution in [0.2, 0.25) is 0 Å². The Bertz CT molecular complexity index is 842. The smallest absolute Gasteiger partial charge is 0.277 e. The van der Waals surface area contributed by atoms with E-state index in [1.165, 1.54) is 35.1 Å². The number of Topliss-reactive ketones (excluding diaryl/α,β-unsaturated/α-hetero) is 1. The van der Waals surface area contributed by atoms with E-state index in [0.29, 0.717) is 37.1 Å². The van der Waals surface area contributed by atoms with Crippen molar-refractivity contribution < 1.29 is 22.4 Å². The maximum atomic E-state index is 12.6. The van der Waals surface area contributed by atoms with Crippen LogP contribution in [0.15, 0.2) is 38.8 Å². The summed E-state index contributed by atoms with van der Waals surface area (Å²) in [5.74, 6) is 0.557. The number of thioether (sulfide) groups is 1. The molecule has 25 heavy (non-hydrogen) atoms. The topological polar surface area (TPSA) is 103 Å². The van der Waals surface area contributed by atoms with E-state index in [1.54, 1.807) is 12.1 Å². The van der Waals surface area contributed by atoms with Crippen LogP contribution in [-0.4, -0.2) is 60.8 Å². The Morgan fingerprint density at radius 3 is 2.52 bits per heavy atom. The number of carbonyl (C=O) groups excluding carboxylic acids is 1. The average molecular weight is 383 g/mol. The minimum atomic E-state index is -3.53. The van der Waals surface area contributed by atoms with E-state index in [0.717, 1.165) is 0 Å². The van der Waals surface area contributed by atoms with Crippen LogP contribution in [-0.2, 0) is 19.6 Å². The van der Waals surface area contributed by atoms with Crippen LogP contribution in [0.1, 0.15) is 6.92 Å². The summed E-state index contributed by atoms with van der Waals surface area (Å²) in [6.45, 7) is 2.99.